The number of hydrogen-bond donors (Lipinski definition) is 1. The molecule has 0 aromatic heterocycles. The minimum absolute atomic E-state index is 0.0351. The van der Waals surface area contributed by atoms with Crippen LogP contribution < -0.4 is 0 Å². The van der Waals surface area contributed by atoms with E-state index in [1.165, 1.54) is 135 Å². The van der Waals surface area contributed by atoms with Gasteiger partial charge in [-0.1, -0.05) is 162 Å². The van der Waals surface area contributed by atoms with Crippen molar-refractivity contribution in [1.29, 1.82) is 0 Å². The highest BCUT2D eigenvalue weighted by Crippen LogP contribution is 2.51. The SMILES string of the molecule is CCCCCCCCCOC(=O)C(C)(C)CCCCCCN(CCCO)CCCCCCC1(C(=O)OC(CCCCCCCC)CCCCCCCC)CC1. The predicted octanol–water partition coefficient (Wildman–Crippen LogP) is 14.1. The van der Waals surface area contributed by atoms with Crippen LogP contribution in [0, 0.1) is 10.8 Å². The van der Waals surface area contributed by atoms with E-state index in [-0.39, 0.29) is 30.1 Å². The Morgan fingerprint density at radius 2 is 1.02 bits per heavy atom. The summed E-state index contributed by atoms with van der Waals surface area (Å²) in [6.45, 7) is 14.8. The average Bonchev–Trinajstić information content (AvgIpc) is 3.97. The molecule has 1 aliphatic rings. The molecule has 1 saturated carbocycles. The molecule has 0 saturated heterocycles. The van der Waals surface area contributed by atoms with Gasteiger partial charge in [-0.05, 0) is 104 Å². The van der Waals surface area contributed by atoms with Crippen LogP contribution in [-0.4, -0.2) is 60.9 Å². The third-order valence-corrected chi connectivity index (χ3v) is 12.4. The van der Waals surface area contributed by atoms with Gasteiger partial charge in [0.05, 0.1) is 17.4 Å². The van der Waals surface area contributed by atoms with Crippen LogP contribution in [0.25, 0.3) is 0 Å². The number of unbranched alkanes of at least 4 members (excludes halogenated alkanes) is 22. The number of carbonyl (C=O) groups excluding carboxylic acids is 2. The first-order chi connectivity index (χ1) is 26.7. The molecule has 1 rings (SSSR count). The maximum Gasteiger partial charge on any atom is 0.312 e. The van der Waals surface area contributed by atoms with Gasteiger partial charge in [0.1, 0.15) is 6.10 Å². The molecule has 55 heavy (non-hydrogen) atoms. The first kappa shape index (κ1) is 51.9. The highest BCUT2D eigenvalue weighted by molar-refractivity contribution is 5.80. The van der Waals surface area contributed by atoms with Gasteiger partial charge in [0, 0.05) is 13.2 Å². The van der Waals surface area contributed by atoms with Gasteiger partial charge in [-0.2, -0.15) is 0 Å². The molecule has 326 valence electrons. The normalized spacial score (nSPS) is 13.9. The highest BCUT2D eigenvalue weighted by Gasteiger charge is 2.51. The van der Waals surface area contributed by atoms with Gasteiger partial charge in [0.2, 0.25) is 0 Å². The minimum atomic E-state index is -0.406. The third-order valence-electron chi connectivity index (χ3n) is 12.4. The van der Waals surface area contributed by atoms with Crippen LogP contribution >= 0.6 is 0 Å². The summed E-state index contributed by atoms with van der Waals surface area (Å²) >= 11 is 0. The molecule has 0 radical (unpaired) electrons. The fourth-order valence-corrected chi connectivity index (χ4v) is 8.11. The molecular formula is C49H95NO5. The summed E-state index contributed by atoms with van der Waals surface area (Å²) in [5, 5.41) is 9.48. The standard InChI is InChI=1S/C49H95NO5/c1-6-9-12-15-18-25-32-44-54-46(52)48(4,5)36-28-21-23-30-40-50(42-33-43-51)41-31-24-22-29-37-49(38-39-49)47(53)55-45(34-26-19-16-13-10-7-2)35-27-20-17-14-11-8-3/h45,51H,6-44H2,1-5H3. The van der Waals surface area contributed by atoms with E-state index in [1.807, 2.05) is 13.8 Å². The summed E-state index contributed by atoms with van der Waals surface area (Å²) in [6, 6.07) is 0. The lowest BCUT2D eigenvalue weighted by atomic mass is 9.87. The summed E-state index contributed by atoms with van der Waals surface area (Å²) in [5.74, 6) is 0.0825. The van der Waals surface area contributed by atoms with Crippen LogP contribution in [0.4, 0.5) is 0 Å². The second-order valence-electron chi connectivity index (χ2n) is 18.3. The Labute approximate surface area is 342 Å². The summed E-state index contributed by atoms with van der Waals surface area (Å²) in [4.78, 5) is 28.7. The first-order valence-corrected chi connectivity index (χ1v) is 24.5. The van der Waals surface area contributed by atoms with Crippen LogP contribution in [0.2, 0.25) is 0 Å². The zero-order valence-electron chi connectivity index (χ0n) is 37.7. The van der Waals surface area contributed by atoms with E-state index in [2.05, 4.69) is 25.7 Å². The Morgan fingerprint density at radius 3 is 1.53 bits per heavy atom. The van der Waals surface area contributed by atoms with Crippen molar-refractivity contribution in [1.82, 2.24) is 4.90 Å². The van der Waals surface area contributed by atoms with Crippen molar-refractivity contribution in [2.24, 2.45) is 10.8 Å². The molecule has 0 heterocycles. The molecule has 1 N–H and O–H groups in total. The number of nitrogens with zero attached hydrogens (tertiary/aromatic N) is 1. The largest absolute Gasteiger partial charge is 0.465 e. The molecule has 0 aromatic rings. The van der Waals surface area contributed by atoms with E-state index in [0.717, 1.165) is 103 Å². The van der Waals surface area contributed by atoms with Crippen LogP contribution in [0.15, 0.2) is 0 Å². The van der Waals surface area contributed by atoms with Gasteiger partial charge in [0.25, 0.3) is 0 Å². The van der Waals surface area contributed by atoms with Crippen molar-refractivity contribution in [2.75, 3.05) is 32.8 Å². The molecule has 6 heteroatoms. The van der Waals surface area contributed by atoms with Crippen LogP contribution in [-0.2, 0) is 19.1 Å². The second kappa shape index (κ2) is 34.9. The van der Waals surface area contributed by atoms with Gasteiger partial charge < -0.3 is 19.5 Å². The quantitative estimate of drug-likeness (QED) is 0.0491. The van der Waals surface area contributed by atoms with E-state index >= 15 is 0 Å². The van der Waals surface area contributed by atoms with Gasteiger partial charge in [0.15, 0.2) is 0 Å². The van der Waals surface area contributed by atoms with Crippen LogP contribution in [0.1, 0.15) is 253 Å². The van der Waals surface area contributed by atoms with Gasteiger partial charge in [-0.25, -0.2) is 0 Å². The number of hydrogen-bond acceptors (Lipinski definition) is 6. The Bertz CT molecular complexity index is 871. The number of esters is 2. The molecule has 0 aliphatic heterocycles. The maximum atomic E-state index is 13.5. The summed E-state index contributed by atoms with van der Waals surface area (Å²) in [5.41, 5.74) is -0.590. The number of aliphatic hydroxyl groups excluding tert-OH is 1. The number of rotatable bonds is 42. The molecule has 0 bridgehead atoms. The molecule has 0 atom stereocenters. The number of ether oxygens (including phenoxy) is 2. The smallest absolute Gasteiger partial charge is 0.312 e. The van der Waals surface area contributed by atoms with Crippen molar-refractivity contribution in [2.45, 2.75) is 259 Å². The molecule has 0 aromatic carbocycles. The zero-order valence-corrected chi connectivity index (χ0v) is 37.7. The fourth-order valence-electron chi connectivity index (χ4n) is 8.11. The molecule has 0 spiro atoms. The van der Waals surface area contributed by atoms with Crippen LogP contribution in [0.5, 0.6) is 0 Å². The van der Waals surface area contributed by atoms with Gasteiger partial charge in [-0.3, -0.25) is 9.59 Å². The lowest BCUT2D eigenvalue weighted by Crippen LogP contribution is -2.28. The van der Waals surface area contributed by atoms with Crippen molar-refractivity contribution in [3.05, 3.63) is 0 Å². The van der Waals surface area contributed by atoms with Crippen LogP contribution in [0.3, 0.4) is 0 Å². The minimum Gasteiger partial charge on any atom is -0.465 e. The molecular weight excluding hydrogens is 683 g/mol. The Balaban J connectivity index is 2.29. The molecule has 0 unspecified atom stereocenters. The number of aliphatic hydroxyl groups is 1. The lowest BCUT2D eigenvalue weighted by Gasteiger charge is -2.23. The third kappa shape index (κ3) is 28.0. The lowest BCUT2D eigenvalue weighted by molar-refractivity contribution is -0.157. The van der Waals surface area contributed by atoms with E-state index in [9.17, 15) is 14.7 Å². The summed E-state index contributed by atoms with van der Waals surface area (Å²) < 4.78 is 12.0. The summed E-state index contributed by atoms with van der Waals surface area (Å²) in [6.07, 6.45) is 40.2. The van der Waals surface area contributed by atoms with Gasteiger partial charge >= 0.3 is 11.9 Å². The van der Waals surface area contributed by atoms with Crippen molar-refractivity contribution < 1.29 is 24.2 Å². The average molecular weight is 778 g/mol. The Kier molecular flexibility index (Phi) is 32.9. The van der Waals surface area contributed by atoms with E-state index < -0.39 is 5.41 Å². The topological polar surface area (TPSA) is 76.1 Å². The van der Waals surface area contributed by atoms with Gasteiger partial charge in [-0.15, -0.1) is 0 Å². The second-order valence-corrected chi connectivity index (χ2v) is 18.3. The maximum absolute atomic E-state index is 13.5. The molecule has 1 fully saturated rings. The monoisotopic (exact) mass is 778 g/mol. The Morgan fingerprint density at radius 1 is 0.582 bits per heavy atom. The highest BCUT2D eigenvalue weighted by atomic mass is 16.5. The van der Waals surface area contributed by atoms with E-state index in [1.54, 1.807) is 0 Å². The van der Waals surface area contributed by atoms with Crippen molar-refractivity contribution >= 4 is 11.9 Å². The Hall–Kier alpha value is -1.14. The fraction of sp³-hybridized carbons (Fsp3) is 0.959. The van der Waals surface area contributed by atoms with E-state index in [0.29, 0.717) is 6.61 Å². The van der Waals surface area contributed by atoms with Crippen molar-refractivity contribution in [3.63, 3.8) is 0 Å². The summed E-state index contributed by atoms with van der Waals surface area (Å²) in [7, 11) is 0. The van der Waals surface area contributed by atoms with Crippen molar-refractivity contribution in [3.8, 4) is 0 Å². The predicted molar refractivity (Wildman–Crippen MR) is 235 cm³/mol. The number of carbonyl (C=O) groups is 2. The first-order valence-electron chi connectivity index (χ1n) is 24.5. The molecule has 6 nitrogen and oxygen atoms in total. The zero-order chi connectivity index (χ0) is 40.3. The van der Waals surface area contributed by atoms with E-state index in [4.69, 9.17) is 9.47 Å². The molecule has 0 amide bonds. The molecule has 1 aliphatic carbocycles.